The molecule has 1 aromatic carbocycles. The van der Waals surface area contributed by atoms with Gasteiger partial charge in [-0.25, -0.2) is 4.79 Å². The lowest BCUT2D eigenvalue weighted by Crippen LogP contribution is -2.40. The lowest BCUT2D eigenvalue weighted by atomic mass is 10.1. The summed E-state index contributed by atoms with van der Waals surface area (Å²) in [6.45, 7) is 8.15. The second-order valence-electron chi connectivity index (χ2n) is 8.18. The van der Waals surface area contributed by atoms with Crippen molar-refractivity contribution >= 4 is 22.9 Å². The first kappa shape index (κ1) is 22.0. The minimum Gasteiger partial charge on any atom is -0.449 e. The molecule has 0 radical (unpaired) electrons. The SMILES string of the molecule is CC(C)COC(=O)N1CCCN(CC(=O)NCCc2cccc3cccnc23)CC1. The van der Waals surface area contributed by atoms with Crippen LogP contribution in [0.15, 0.2) is 36.5 Å². The van der Waals surface area contributed by atoms with Crippen LogP contribution in [0.1, 0.15) is 25.8 Å². The molecule has 0 bridgehead atoms. The zero-order valence-electron chi connectivity index (χ0n) is 18.0. The van der Waals surface area contributed by atoms with Gasteiger partial charge >= 0.3 is 6.09 Å². The summed E-state index contributed by atoms with van der Waals surface area (Å²) in [5.74, 6) is 0.338. The average molecular weight is 413 g/mol. The third kappa shape index (κ3) is 6.42. The van der Waals surface area contributed by atoms with Crippen molar-refractivity contribution < 1.29 is 14.3 Å². The molecule has 30 heavy (non-hydrogen) atoms. The van der Waals surface area contributed by atoms with Crippen molar-refractivity contribution in [1.82, 2.24) is 20.1 Å². The third-order valence-corrected chi connectivity index (χ3v) is 5.19. The monoisotopic (exact) mass is 412 g/mol. The maximum atomic E-state index is 12.4. The van der Waals surface area contributed by atoms with E-state index in [1.165, 1.54) is 0 Å². The van der Waals surface area contributed by atoms with Crippen LogP contribution in [0.3, 0.4) is 0 Å². The molecule has 2 aromatic rings. The minimum atomic E-state index is -0.251. The number of carbonyl (C=O) groups excluding carboxylic acids is 2. The lowest BCUT2D eigenvalue weighted by Gasteiger charge is -2.21. The highest BCUT2D eigenvalue weighted by Crippen LogP contribution is 2.16. The number of rotatable bonds is 7. The standard InChI is InChI=1S/C23H32N4O3/c1-18(2)17-30-23(29)27-13-5-12-26(14-15-27)16-21(28)24-11-9-20-7-3-6-19-8-4-10-25-22(19)20/h3-4,6-8,10,18H,5,9,11-17H2,1-2H3,(H,24,28). The summed E-state index contributed by atoms with van der Waals surface area (Å²) in [6, 6.07) is 10.1. The quantitative estimate of drug-likeness (QED) is 0.757. The number of hydrogen-bond acceptors (Lipinski definition) is 5. The number of nitrogens with zero attached hydrogens (tertiary/aromatic N) is 3. The van der Waals surface area contributed by atoms with Gasteiger partial charge in [0.2, 0.25) is 5.91 Å². The second-order valence-corrected chi connectivity index (χ2v) is 8.18. The number of ether oxygens (including phenoxy) is 1. The molecule has 2 heterocycles. The second kappa shape index (κ2) is 10.9. The number of nitrogens with one attached hydrogen (secondary N) is 1. The molecular formula is C23H32N4O3. The predicted octanol–water partition coefficient (Wildman–Crippen LogP) is 2.69. The zero-order chi connectivity index (χ0) is 21.3. The van der Waals surface area contributed by atoms with Gasteiger partial charge < -0.3 is 15.0 Å². The van der Waals surface area contributed by atoms with Gasteiger partial charge in [-0.2, -0.15) is 0 Å². The number of pyridine rings is 1. The average Bonchev–Trinajstić information content (AvgIpc) is 2.98. The molecule has 1 fully saturated rings. The van der Waals surface area contributed by atoms with Gasteiger partial charge in [0.1, 0.15) is 0 Å². The molecule has 1 aromatic heterocycles. The lowest BCUT2D eigenvalue weighted by molar-refractivity contribution is -0.122. The molecule has 1 saturated heterocycles. The Morgan fingerprint density at radius 3 is 2.80 bits per heavy atom. The Hall–Kier alpha value is -2.67. The predicted molar refractivity (Wildman–Crippen MR) is 117 cm³/mol. The van der Waals surface area contributed by atoms with Crippen LogP contribution in [0.2, 0.25) is 0 Å². The first-order valence-electron chi connectivity index (χ1n) is 10.8. The Bertz CT molecular complexity index is 850. The molecule has 3 rings (SSSR count). The van der Waals surface area contributed by atoms with Crippen LogP contribution in [0.4, 0.5) is 4.79 Å². The molecule has 1 aliphatic rings. The summed E-state index contributed by atoms with van der Waals surface area (Å²) in [4.78, 5) is 32.9. The van der Waals surface area contributed by atoms with Crippen LogP contribution in [0, 0.1) is 5.92 Å². The first-order valence-corrected chi connectivity index (χ1v) is 10.8. The summed E-state index contributed by atoms with van der Waals surface area (Å²) < 4.78 is 5.32. The normalized spacial score (nSPS) is 15.2. The molecule has 2 amide bonds. The number of aromatic nitrogens is 1. The van der Waals surface area contributed by atoms with E-state index in [0.717, 1.165) is 35.9 Å². The van der Waals surface area contributed by atoms with Gasteiger partial charge in [0.05, 0.1) is 18.7 Å². The molecule has 0 saturated carbocycles. The van der Waals surface area contributed by atoms with E-state index in [2.05, 4.69) is 21.3 Å². The van der Waals surface area contributed by atoms with E-state index >= 15 is 0 Å². The molecule has 0 aliphatic carbocycles. The van der Waals surface area contributed by atoms with E-state index in [9.17, 15) is 9.59 Å². The fraction of sp³-hybridized carbons (Fsp3) is 0.522. The van der Waals surface area contributed by atoms with E-state index in [1.54, 1.807) is 11.1 Å². The summed E-state index contributed by atoms with van der Waals surface area (Å²) in [5, 5.41) is 4.13. The zero-order valence-corrected chi connectivity index (χ0v) is 18.0. The van der Waals surface area contributed by atoms with Gasteiger partial charge in [0, 0.05) is 44.3 Å². The smallest absolute Gasteiger partial charge is 0.409 e. The fourth-order valence-electron chi connectivity index (χ4n) is 3.61. The number of amides is 2. The van der Waals surface area contributed by atoms with Crippen LogP contribution in [-0.2, 0) is 16.0 Å². The van der Waals surface area contributed by atoms with Crippen molar-refractivity contribution in [3.8, 4) is 0 Å². The highest BCUT2D eigenvalue weighted by Gasteiger charge is 2.21. The molecule has 1 N–H and O–H groups in total. The molecule has 162 valence electrons. The van der Waals surface area contributed by atoms with E-state index in [4.69, 9.17) is 4.74 Å². The maximum Gasteiger partial charge on any atom is 0.409 e. The van der Waals surface area contributed by atoms with Crippen LogP contribution >= 0.6 is 0 Å². The van der Waals surface area contributed by atoms with Crippen molar-refractivity contribution in [3.63, 3.8) is 0 Å². The van der Waals surface area contributed by atoms with Gasteiger partial charge in [-0.3, -0.25) is 14.7 Å². The van der Waals surface area contributed by atoms with E-state index in [1.807, 2.05) is 38.1 Å². The van der Waals surface area contributed by atoms with Gasteiger partial charge in [-0.1, -0.05) is 38.1 Å². The van der Waals surface area contributed by atoms with Gasteiger partial charge in [-0.15, -0.1) is 0 Å². The fourth-order valence-corrected chi connectivity index (χ4v) is 3.61. The molecule has 7 nitrogen and oxygen atoms in total. The van der Waals surface area contributed by atoms with Crippen LogP contribution in [0.25, 0.3) is 10.9 Å². The minimum absolute atomic E-state index is 0.0130. The summed E-state index contributed by atoms with van der Waals surface area (Å²) >= 11 is 0. The van der Waals surface area contributed by atoms with E-state index in [-0.39, 0.29) is 12.0 Å². The van der Waals surface area contributed by atoms with Gasteiger partial charge in [0.15, 0.2) is 0 Å². The van der Waals surface area contributed by atoms with Crippen molar-refractivity contribution in [2.45, 2.75) is 26.7 Å². The third-order valence-electron chi connectivity index (χ3n) is 5.19. The molecule has 0 atom stereocenters. The maximum absolute atomic E-state index is 12.4. The summed E-state index contributed by atoms with van der Waals surface area (Å²) in [6.07, 6.45) is 3.13. The van der Waals surface area contributed by atoms with E-state index < -0.39 is 0 Å². The Kier molecular flexibility index (Phi) is 8.02. The molecule has 1 aliphatic heterocycles. The number of hydrogen-bond donors (Lipinski definition) is 1. The number of fused-ring (bicyclic) bond motifs is 1. The van der Waals surface area contributed by atoms with Crippen molar-refractivity contribution in [2.24, 2.45) is 5.92 Å². The first-order chi connectivity index (χ1) is 14.5. The van der Waals surface area contributed by atoms with Crippen molar-refractivity contribution in [1.29, 1.82) is 0 Å². The molecular weight excluding hydrogens is 380 g/mol. The summed E-state index contributed by atoms with van der Waals surface area (Å²) in [7, 11) is 0. The molecule has 0 spiro atoms. The Morgan fingerprint density at radius 1 is 1.13 bits per heavy atom. The highest BCUT2D eigenvalue weighted by atomic mass is 16.6. The molecule has 0 unspecified atom stereocenters. The largest absolute Gasteiger partial charge is 0.449 e. The van der Waals surface area contributed by atoms with Gasteiger partial charge in [-0.05, 0) is 30.4 Å². The Balaban J connectivity index is 1.41. The number of benzene rings is 1. The summed E-state index contributed by atoms with van der Waals surface area (Å²) in [5.41, 5.74) is 2.13. The van der Waals surface area contributed by atoms with Crippen LogP contribution in [-0.4, -0.2) is 72.7 Å². The van der Waals surface area contributed by atoms with E-state index in [0.29, 0.717) is 45.2 Å². The Labute approximate surface area is 178 Å². The molecule has 7 heteroatoms. The van der Waals surface area contributed by atoms with Crippen LogP contribution in [0.5, 0.6) is 0 Å². The number of para-hydroxylation sites is 1. The van der Waals surface area contributed by atoms with Gasteiger partial charge in [0.25, 0.3) is 0 Å². The highest BCUT2D eigenvalue weighted by molar-refractivity contribution is 5.82. The van der Waals surface area contributed by atoms with Crippen molar-refractivity contribution in [3.05, 3.63) is 42.1 Å². The topological polar surface area (TPSA) is 74.8 Å². The number of carbonyl (C=O) groups is 2. The Morgan fingerprint density at radius 2 is 1.97 bits per heavy atom. The van der Waals surface area contributed by atoms with Crippen molar-refractivity contribution in [2.75, 3.05) is 45.9 Å². The van der Waals surface area contributed by atoms with Crippen LogP contribution < -0.4 is 5.32 Å².